The SMILES string of the molecule is COc1cc2nccc(Oc3ccc(NC(=O)c4cc(C)c(COC(N)=O)n(-c5ccc(F)cc5)c4=O)cc3F)c2cc1OC. The van der Waals surface area contributed by atoms with E-state index in [-0.39, 0.29) is 35.0 Å². The van der Waals surface area contributed by atoms with Crippen LogP contribution in [0.4, 0.5) is 19.3 Å². The molecule has 0 atom stereocenters. The second-order valence-electron chi connectivity index (χ2n) is 9.65. The van der Waals surface area contributed by atoms with Gasteiger partial charge in [0.25, 0.3) is 11.5 Å². The largest absolute Gasteiger partial charge is 0.493 e. The lowest BCUT2D eigenvalue weighted by molar-refractivity contribution is 0.102. The predicted molar refractivity (Wildman–Crippen MR) is 160 cm³/mol. The monoisotopic (exact) mass is 616 g/mol. The van der Waals surface area contributed by atoms with Crippen molar-refractivity contribution in [3.05, 3.63) is 112 Å². The molecule has 0 aliphatic carbocycles. The van der Waals surface area contributed by atoms with Gasteiger partial charge in [-0.3, -0.25) is 19.1 Å². The fourth-order valence-electron chi connectivity index (χ4n) is 4.64. The van der Waals surface area contributed by atoms with Crippen molar-refractivity contribution >= 4 is 28.6 Å². The molecular weight excluding hydrogens is 590 g/mol. The van der Waals surface area contributed by atoms with Crippen LogP contribution in [0.3, 0.4) is 0 Å². The second-order valence-corrected chi connectivity index (χ2v) is 9.65. The average Bonchev–Trinajstić information content (AvgIpc) is 3.02. The van der Waals surface area contributed by atoms with Crippen molar-refractivity contribution in [2.75, 3.05) is 19.5 Å². The first-order chi connectivity index (χ1) is 21.6. The summed E-state index contributed by atoms with van der Waals surface area (Å²) in [7, 11) is 2.98. The van der Waals surface area contributed by atoms with E-state index in [9.17, 15) is 18.8 Å². The summed E-state index contributed by atoms with van der Waals surface area (Å²) in [5.41, 5.74) is 5.42. The Morgan fingerprint density at radius 2 is 1.62 bits per heavy atom. The number of anilines is 1. The standard InChI is InChI=1S/C32H26F2N4O7/c1-17-12-22(31(40)38(25(17)16-44-32(35)41)20-7-4-18(33)5-8-20)30(39)37-19-6-9-27(23(34)13-19)45-26-10-11-36-24-15-29(43-3)28(42-2)14-21(24)26/h4-15H,16H2,1-3H3,(H2,35,41)(H,37,39). The maximum absolute atomic E-state index is 15.2. The van der Waals surface area contributed by atoms with Gasteiger partial charge in [0.1, 0.15) is 23.7 Å². The highest BCUT2D eigenvalue weighted by Gasteiger charge is 2.21. The predicted octanol–water partition coefficient (Wildman–Crippen LogP) is 5.63. The number of hydrogen-bond donors (Lipinski definition) is 2. The number of aryl methyl sites for hydroxylation is 1. The maximum Gasteiger partial charge on any atom is 0.404 e. The lowest BCUT2D eigenvalue weighted by atomic mass is 10.1. The molecule has 230 valence electrons. The van der Waals surface area contributed by atoms with Crippen LogP contribution < -0.4 is 30.8 Å². The summed E-state index contributed by atoms with van der Waals surface area (Å²) < 4.78 is 51.4. The molecular formula is C32H26F2N4O7. The zero-order chi connectivity index (χ0) is 32.2. The summed E-state index contributed by atoms with van der Waals surface area (Å²) in [6.07, 6.45) is 0.433. The number of nitrogens with two attached hydrogens (primary N) is 1. The van der Waals surface area contributed by atoms with E-state index < -0.39 is 29.2 Å². The number of amides is 2. The summed E-state index contributed by atoms with van der Waals surface area (Å²) >= 11 is 0. The van der Waals surface area contributed by atoms with Gasteiger partial charge in [0, 0.05) is 35.1 Å². The van der Waals surface area contributed by atoms with Gasteiger partial charge in [0.05, 0.1) is 25.4 Å². The van der Waals surface area contributed by atoms with Crippen molar-refractivity contribution in [2.45, 2.75) is 13.5 Å². The first-order valence-electron chi connectivity index (χ1n) is 13.3. The van der Waals surface area contributed by atoms with Gasteiger partial charge in [-0.15, -0.1) is 0 Å². The van der Waals surface area contributed by atoms with E-state index in [1.807, 2.05) is 0 Å². The molecule has 0 bridgehead atoms. The minimum absolute atomic E-state index is 0.0439. The first-order valence-corrected chi connectivity index (χ1v) is 13.3. The third-order valence-corrected chi connectivity index (χ3v) is 6.82. The van der Waals surface area contributed by atoms with Gasteiger partial charge in [0.2, 0.25) is 0 Å². The molecule has 0 fully saturated rings. The van der Waals surface area contributed by atoms with Crippen LogP contribution in [-0.2, 0) is 11.3 Å². The van der Waals surface area contributed by atoms with Gasteiger partial charge >= 0.3 is 6.09 Å². The Labute approximate surface area is 254 Å². The van der Waals surface area contributed by atoms with E-state index in [0.29, 0.717) is 33.7 Å². The first kappa shape index (κ1) is 30.5. The Balaban J connectivity index is 1.44. The highest BCUT2D eigenvalue weighted by atomic mass is 19.1. The molecule has 3 N–H and O–H groups in total. The number of carbonyl (C=O) groups is 2. The molecule has 2 aromatic heterocycles. The molecule has 0 spiro atoms. The number of methoxy groups -OCH3 is 2. The van der Waals surface area contributed by atoms with Crippen molar-refractivity contribution in [1.82, 2.24) is 9.55 Å². The Kier molecular flexibility index (Phi) is 8.61. The molecule has 2 amide bonds. The zero-order valence-corrected chi connectivity index (χ0v) is 24.2. The van der Waals surface area contributed by atoms with Crippen molar-refractivity contribution in [3.8, 4) is 28.7 Å². The Hall–Kier alpha value is -5.98. The lowest BCUT2D eigenvalue weighted by Crippen LogP contribution is -2.32. The van der Waals surface area contributed by atoms with Crippen LogP contribution in [0.1, 0.15) is 21.6 Å². The molecule has 0 radical (unpaired) electrons. The van der Waals surface area contributed by atoms with Crippen LogP contribution in [0.5, 0.6) is 23.0 Å². The Bertz CT molecular complexity index is 2000. The van der Waals surface area contributed by atoms with Crippen LogP contribution in [-0.4, -0.2) is 35.8 Å². The number of aromatic nitrogens is 2. The maximum atomic E-state index is 15.2. The van der Waals surface area contributed by atoms with Crippen LogP contribution in [0.15, 0.2) is 77.7 Å². The van der Waals surface area contributed by atoms with Gasteiger partial charge < -0.3 is 30.0 Å². The Morgan fingerprint density at radius 3 is 2.29 bits per heavy atom. The van der Waals surface area contributed by atoms with Gasteiger partial charge in [-0.25, -0.2) is 13.6 Å². The molecule has 3 aromatic carbocycles. The smallest absolute Gasteiger partial charge is 0.404 e. The molecule has 5 rings (SSSR count). The van der Waals surface area contributed by atoms with Crippen LogP contribution in [0.25, 0.3) is 16.6 Å². The number of nitrogens with one attached hydrogen (secondary N) is 1. The number of carbonyl (C=O) groups excluding carboxylic acids is 2. The van der Waals surface area contributed by atoms with Gasteiger partial charge in [-0.05, 0) is 67.1 Å². The van der Waals surface area contributed by atoms with Crippen molar-refractivity contribution in [2.24, 2.45) is 5.73 Å². The third-order valence-electron chi connectivity index (χ3n) is 6.82. The molecule has 2 heterocycles. The number of primary amides is 1. The van der Waals surface area contributed by atoms with Crippen LogP contribution in [0, 0.1) is 18.6 Å². The molecule has 13 heteroatoms. The van der Waals surface area contributed by atoms with E-state index in [1.54, 1.807) is 25.1 Å². The molecule has 5 aromatic rings. The number of fused-ring (bicyclic) bond motifs is 1. The van der Waals surface area contributed by atoms with E-state index >= 15 is 4.39 Å². The fourth-order valence-corrected chi connectivity index (χ4v) is 4.64. The second kappa shape index (κ2) is 12.7. The van der Waals surface area contributed by atoms with Gasteiger partial charge in [-0.1, -0.05) is 0 Å². The molecule has 11 nitrogen and oxygen atoms in total. The van der Waals surface area contributed by atoms with E-state index in [4.69, 9.17) is 24.7 Å². The number of hydrogen-bond acceptors (Lipinski definition) is 8. The normalized spacial score (nSPS) is 10.8. The summed E-state index contributed by atoms with van der Waals surface area (Å²) in [6.45, 7) is 1.21. The molecule has 0 unspecified atom stereocenters. The van der Waals surface area contributed by atoms with E-state index in [2.05, 4.69) is 10.3 Å². The number of ether oxygens (including phenoxy) is 4. The van der Waals surface area contributed by atoms with E-state index in [0.717, 1.165) is 22.8 Å². The number of pyridine rings is 2. The lowest BCUT2D eigenvalue weighted by Gasteiger charge is -2.17. The molecule has 0 aliphatic heterocycles. The van der Waals surface area contributed by atoms with Gasteiger partial charge in [-0.2, -0.15) is 0 Å². The highest BCUT2D eigenvalue weighted by Crippen LogP contribution is 2.37. The number of benzene rings is 3. The van der Waals surface area contributed by atoms with E-state index in [1.165, 1.54) is 50.7 Å². The summed E-state index contributed by atoms with van der Waals surface area (Å²) in [5, 5.41) is 3.07. The topological polar surface area (TPSA) is 144 Å². The summed E-state index contributed by atoms with van der Waals surface area (Å²) in [4.78, 5) is 42.4. The van der Waals surface area contributed by atoms with Crippen molar-refractivity contribution in [1.29, 1.82) is 0 Å². The molecule has 0 saturated carbocycles. The minimum Gasteiger partial charge on any atom is -0.493 e. The molecule has 45 heavy (non-hydrogen) atoms. The summed E-state index contributed by atoms with van der Waals surface area (Å²) in [6, 6.07) is 14.9. The highest BCUT2D eigenvalue weighted by molar-refractivity contribution is 6.04. The third kappa shape index (κ3) is 6.37. The van der Waals surface area contributed by atoms with Crippen molar-refractivity contribution in [3.63, 3.8) is 0 Å². The number of nitrogens with zero attached hydrogens (tertiary/aromatic N) is 2. The molecule has 0 saturated heterocycles. The zero-order valence-electron chi connectivity index (χ0n) is 24.2. The van der Waals surface area contributed by atoms with Crippen LogP contribution >= 0.6 is 0 Å². The molecule has 0 aliphatic rings. The fraction of sp³-hybridized carbons (Fsp3) is 0.125. The van der Waals surface area contributed by atoms with Gasteiger partial charge in [0.15, 0.2) is 23.1 Å². The number of halogens is 2. The Morgan fingerprint density at radius 1 is 0.911 bits per heavy atom. The number of rotatable bonds is 9. The minimum atomic E-state index is -1.07. The quantitative estimate of drug-likeness (QED) is 0.217. The average molecular weight is 617 g/mol. The van der Waals surface area contributed by atoms with Crippen molar-refractivity contribution < 1.29 is 37.3 Å². The summed E-state index contributed by atoms with van der Waals surface area (Å²) in [5.74, 6) is -1.11. The van der Waals surface area contributed by atoms with Crippen LogP contribution in [0.2, 0.25) is 0 Å².